The molecule has 1 aromatic heterocycles. The van der Waals surface area contributed by atoms with Crippen molar-refractivity contribution in [2.45, 2.75) is 45.2 Å². The van der Waals surface area contributed by atoms with Crippen LogP contribution in [0.4, 0.5) is 0 Å². The maximum Gasteiger partial charge on any atom is 0.226 e. The number of amides is 1. The Hall–Kier alpha value is -2.10. The second kappa shape index (κ2) is 11.8. The fraction of sp³-hybridized carbons (Fsp3) is 0.476. The maximum absolute atomic E-state index is 11.9. The predicted molar refractivity (Wildman–Crippen MR) is 125 cm³/mol. The number of aliphatic imine (C=N–C) groups is 1. The number of oxazole rings is 1. The molecule has 1 amide bonds. The van der Waals surface area contributed by atoms with E-state index in [0.717, 1.165) is 43.6 Å². The molecule has 2 N–H and O–H groups in total. The number of halogens is 1. The van der Waals surface area contributed by atoms with Crippen LogP contribution in [0.5, 0.6) is 0 Å². The first-order chi connectivity index (χ1) is 13.7. The van der Waals surface area contributed by atoms with Gasteiger partial charge < -0.3 is 20.0 Å². The molecule has 158 valence electrons. The van der Waals surface area contributed by atoms with E-state index in [1.807, 2.05) is 35.2 Å². The van der Waals surface area contributed by atoms with Crippen molar-refractivity contribution in [3.05, 3.63) is 42.3 Å². The number of carbonyl (C=O) groups excluding carboxylic acids is 1. The van der Waals surface area contributed by atoms with Gasteiger partial charge in [0.05, 0.1) is 12.2 Å². The molecule has 8 heteroatoms. The van der Waals surface area contributed by atoms with Crippen LogP contribution in [0.1, 0.15) is 38.3 Å². The largest absolute Gasteiger partial charge is 0.444 e. The molecule has 1 saturated heterocycles. The van der Waals surface area contributed by atoms with Crippen molar-refractivity contribution >= 4 is 35.8 Å². The first-order valence-corrected chi connectivity index (χ1v) is 9.95. The van der Waals surface area contributed by atoms with Crippen LogP contribution >= 0.6 is 24.0 Å². The molecular weight excluding hydrogens is 481 g/mol. The number of aromatic nitrogens is 1. The van der Waals surface area contributed by atoms with Crippen LogP contribution in [-0.2, 0) is 11.3 Å². The van der Waals surface area contributed by atoms with E-state index in [1.165, 1.54) is 0 Å². The Morgan fingerprint density at radius 3 is 2.76 bits per heavy atom. The summed E-state index contributed by atoms with van der Waals surface area (Å²) in [6.07, 6.45) is 5.21. The number of carbonyl (C=O) groups is 1. The molecule has 1 atom stereocenters. The minimum atomic E-state index is 0. The maximum atomic E-state index is 11.9. The van der Waals surface area contributed by atoms with Crippen molar-refractivity contribution in [3.8, 4) is 11.5 Å². The van der Waals surface area contributed by atoms with E-state index in [9.17, 15) is 4.79 Å². The molecule has 1 aliphatic heterocycles. The Kier molecular flexibility index (Phi) is 9.43. The molecule has 1 fully saturated rings. The van der Waals surface area contributed by atoms with Gasteiger partial charge in [-0.05, 0) is 31.4 Å². The molecule has 2 aromatic rings. The zero-order chi connectivity index (χ0) is 19.8. The summed E-state index contributed by atoms with van der Waals surface area (Å²) >= 11 is 0. The average Bonchev–Trinajstić information content (AvgIpc) is 3.37. The normalized spacial score (nSPS) is 15.2. The minimum absolute atomic E-state index is 0. The van der Waals surface area contributed by atoms with Crippen LogP contribution in [0.25, 0.3) is 11.5 Å². The molecule has 1 unspecified atom stereocenters. The van der Waals surface area contributed by atoms with E-state index < -0.39 is 0 Å². The Morgan fingerprint density at radius 2 is 2.10 bits per heavy atom. The molecular formula is C21H30IN5O2. The quantitative estimate of drug-likeness (QED) is 0.323. The first-order valence-electron chi connectivity index (χ1n) is 9.95. The SMILES string of the molecule is CCC(CCNC(=NC)NCc1coc(-c2ccccc2)n1)N1CCCC1=O.I. The molecule has 0 radical (unpaired) electrons. The van der Waals surface area contributed by atoms with Crippen LogP contribution in [-0.4, -0.2) is 47.9 Å². The van der Waals surface area contributed by atoms with Gasteiger partial charge in [0, 0.05) is 38.2 Å². The van der Waals surface area contributed by atoms with E-state index in [4.69, 9.17) is 4.42 Å². The zero-order valence-corrected chi connectivity index (χ0v) is 19.4. The van der Waals surface area contributed by atoms with E-state index in [2.05, 4.69) is 27.5 Å². The van der Waals surface area contributed by atoms with Gasteiger partial charge in [-0.3, -0.25) is 9.79 Å². The zero-order valence-electron chi connectivity index (χ0n) is 17.1. The second-order valence-corrected chi connectivity index (χ2v) is 6.90. The first kappa shape index (κ1) is 23.2. The Bertz CT molecular complexity index is 793. The number of likely N-dealkylation sites (tertiary alicyclic amines) is 1. The van der Waals surface area contributed by atoms with Crippen LogP contribution < -0.4 is 10.6 Å². The van der Waals surface area contributed by atoms with Crippen LogP contribution in [0.15, 0.2) is 46.0 Å². The number of hydrogen-bond donors (Lipinski definition) is 2. The lowest BCUT2D eigenvalue weighted by molar-refractivity contribution is -0.129. The third kappa shape index (κ3) is 6.45. The average molecular weight is 511 g/mol. The predicted octanol–water partition coefficient (Wildman–Crippen LogP) is 3.42. The van der Waals surface area contributed by atoms with Crippen molar-refractivity contribution in [3.63, 3.8) is 0 Å². The summed E-state index contributed by atoms with van der Waals surface area (Å²) in [6, 6.07) is 10.1. The third-order valence-corrected chi connectivity index (χ3v) is 5.03. The number of nitrogens with zero attached hydrogens (tertiary/aromatic N) is 3. The Balaban J connectivity index is 0.00000300. The summed E-state index contributed by atoms with van der Waals surface area (Å²) < 4.78 is 5.56. The highest BCUT2D eigenvalue weighted by atomic mass is 127. The van der Waals surface area contributed by atoms with Gasteiger partial charge in [0.2, 0.25) is 11.8 Å². The summed E-state index contributed by atoms with van der Waals surface area (Å²) in [5.74, 6) is 1.61. The molecule has 7 nitrogen and oxygen atoms in total. The fourth-order valence-corrected chi connectivity index (χ4v) is 3.49. The molecule has 0 spiro atoms. The molecule has 1 aromatic carbocycles. The minimum Gasteiger partial charge on any atom is -0.444 e. The molecule has 2 heterocycles. The lowest BCUT2D eigenvalue weighted by atomic mass is 10.1. The summed E-state index contributed by atoms with van der Waals surface area (Å²) in [5.41, 5.74) is 1.77. The molecule has 1 aliphatic rings. The van der Waals surface area contributed by atoms with Gasteiger partial charge in [-0.2, -0.15) is 0 Å². The van der Waals surface area contributed by atoms with Crippen molar-refractivity contribution < 1.29 is 9.21 Å². The van der Waals surface area contributed by atoms with Crippen LogP contribution in [0, 0.1) is 0 Å². The van der Waals surface area contributed by atoms with Gasteiger partial charge in [0.15, 0.2) is 5.96 Å². The topological polar surface area (TPSA) is 82.8 Å². The molecule has 29 heavy (non-hydrogen) atoms. The summed E-state index contributed by atoms with van der Waals surface area (Å²) in [5, 5.41) is 6.58. The van der Waals surface area contributed by atoms with Crippen molar-refractivity contribution in [2.24, 2.45) is 4.99 Å². The highest BCUT2D eigenvalue weighted by Crippen LogP contribution is 2.18. The Labute approximate surface area is 189 Å². The van der Waals surface area contributed by atoms with E-state index in [1.54, 1.807) is 13.3 Å². The lowest BCUT2D eigenvalue weighted by Crippen LogP contribution is -2.41. The van der Waals surface area contributed by atoms with Gasteiger partial charge in [-0.25, -0.2) is 4.98 Å². The number of rotatable bonds is 8. The molecule has 3 rings (SSSR count). The summed E-state index contributed by atoms with van der Waals surface area (Å²) in [7, 11) is 1.74. The number of guanidine groups is 1. The number of hydrogen-bond acceptors (Lipinski definition) is 4. The Morgan fingerprint density at radius 1 is 1.31 bits per heavy atom. The third-order valence-electron chi connectivity index (χ3n) is 5.03. The van der Waals surface area contributed by atoms with Gasteiger partial charge in [-0.1, -0.05) is 25.1 Å². The van der Waals surface area contributed by atoms with Gasteiger partial charge >= 0.3 is 0 Å². The highest BCUT2D eigenvalue weighted by Gasteiger charge is 2.26. The van der Waals surface area contributed by atoms with Gasteiger partial charge in [0.25, 0.3) is 0 Å². The lowest BCUT2D eigenvalue weighted by Gasteiger charge is -2.27. The van der Waals surface area contributed by atoms with E-state index in [0.29, 0.717) is 30.9 Å². The smallest absolute Gasteiger partial charge is 0.226 e. The summed E-state index contributed by atoms with van der Waals surface area (Å²) in [4.78, 5) is 22.7. The van der Waals surface area contributed by atoms with E-state index >= 15 is 0 Å². The van der Waals surface area contributed by atoms with Gasteiger partial charge in [-0.15, -0.1) is 24.0 Å². The van der Waals surface area contributed by atoms with Crippen LogP contribution in [0.3, 0.4) is 0 Å². The second-order valence-electron chi connectivity index (χ2n) is 6.90. The standard InChI is InChI=1S/C21H29N5O2.HI/c1-3-18(26-13-7-10-19(26)27)11-12-23-21(22-2)24-14-17-15-28-20(25-17)16-8-5-4-6-9-16;/h4-6,8-9,15,18H,3,7,10-14H2,1-2H3,(H2,22,23,24);1H. The highest BCUT2D eigenvalue weighted by molar-refractivity contribution is 14.0. The van der Waals surface area contributed by atoms with E-state index in [-0.39, 0.29) is 29.9 Å². The fourth-order valence-electron chi connectivity index (χ4n) is 3.49. The number of benzene rings is 1. The van der Waals surface area contributed by atoms with Crippen molar-refractivity contribution in [2.75, 3.05) is 20.1 Å². The van der Waals surface area contributed by atoms with Crippen molar-refractivity contribution in [1.29, 1.82) is 0 Å². The monoisotopic (exact) mass is 511 g/mol. The van der Waals surface area contributed by atoms with Crippen LogP contribution in [0.2, 0.25) is 0 Å². The molecule has 0 aliphatic carbocycles. The summed E-state index contributed by atoms with van der Waals surface area (Å²) in [6.45, 7) is 4.31. The van der Waals surface area contributed by atoms with Crippen molar-refractivity contribution in [1.82, 2.24) is 20.5 Å². The number of nitrogens with one attached hydrogen (secondary N) is 2. The molecule has 0 saturated carbocycles. The molecule has 0 bridgehead atoms. The van der Waals surface area contributed by atoms with Gasteiger partial charge in [0.1, 0.15) is 6.26 Å².